The van der Waals surface area contributed by atoms with Gasteiger partial charge in [0, 0.05) is 17.7 Å². The third-order valence-corrected chi connectivity index (χ3v) is 4.63. The van der Waals surface area contributed by atoms with Crippen LogP contribution >= 0.6 is 0 Å². The Morgan fingerprint density at radius 1 is 1.00 bits per heavy atom. The molecule has 0 spiro atoms. The maximum Gasteiger partial charge on any atom is 0.305 e. The average molecular weight is 363 g/mol. The van der Waals surface area contributed by atoms with Gasteiger partial charge >= 0.3 is 5.97 Å². The molecule has 1 heterocycles. The number of hydrogen-bond acceptors (Lipinski definition) is 3. The molecular weight excluding hydrogens is 342 g/mol. The van der Waals surface area contributed by atoms with E-state index in [1.54, 1.807) is 30.3 Å². The van der Waals surface area contributed by atoms with Crippen LogP contribution in [0.3, 0.4) is 0 Å². The van der Waals surface area contributed by atoms with Crippen molar-refractivity contribution < 1.29 is 19.5 Å². The van der Waals surface area contributed by atoms with Gasteiger partial charge in [-0.05, 0) is 34.8 Å². The number of benzene rings is 2. The van der Waals surface area contributed by atoms with E-state index < -0.39 is 17.8 Å². The van der Waals surface area contributed by atoms with Crippen molar-refractivity contribution >= 4 is 29.4 Å². The van der Waals surface area contributed by atoms with Gasteiger partial charge < -0.3 is 5.11 Å². The second kappa shape index (κ2) is 7.58. The summed E-state index contributed by atoms with van der Waals surface area (Å²) in [5, 5.41) is 8.92. The van der Waals surface area contributed by atoms with Crippen molar-refractivity contribution in [2.75, 3.05) is 6.54 Å². The summed E-state index contributed by atoms with van der Waals surface area (Å²) in [7, 11) is 0. The summed E-state index contributed by atoms with van der Waals surface area (Å²) in [5.41, 5.74) is 3.43. The molecule has 1 aliphatic heterocycles. The van der Waals surface area contributed by atoms with Crippen molar-refractivity contribution in [2.45, 2.75) is 26.2 Å². The standard InChI is InChI=1S/C22H21NO4/c1-14(2)16-9-7-15(8-10-16)13-19-17-5-3-4-6-18(17)21(26)23(22(19)27)12-11-20(24)25/h3-10,13-14H,11-12H2,1-2H3,(H,24,25)/b19-13-. The van der Waals surface area contributed by atoms with Gasteiger partial charge in [0.05, 0.1) is 6.42 Å². The van der Waals surface area contributed by atoms with E-state index in [4.69, 9.17) is 5.11 Å². The van der Waals surface area contributed by atoms with Gasteiger partial charge in [-0.2, -0.15) is 0 Å². The lowest BCUT2D eigenvalue weighted by Gasteiger charge is -2.28. The Bertz CT molecular complexity index is 926. The summed E-state index contributed by atoms with van der Waals surface area (Å²) in [6, 6.07) is 14.8. The smallest absolute Gasteiger partial charge is 0.305 e. The fraction of sp³-hybridized carbons (Fsp3) is 0.227. The maximum atomic E-state index is 12.9. The van der Waals surface area contributed by atoms with E-state index in [0.29, 0.717) is 22.6 Å². The van der Waals surface area contributed by atoms with E-state index in [1.165, 1.54) is 5.56 Å². The molecule has 1 N–H and O–H groups in total. The summed E-state index contributed by atoms with van der Waals surface area (Å²) in [5.74, 6) is -1.56. The molecular formula is C22H21NO4. The fourth-order valence-corrected chi connectivity index (χ4v) is 3.10. The molecule has 3 rings (SSSR count). The molecule has 0 radical (unpaired) electrons. The number of imide groups is 1. The first kappa shape index (κ1) is 18.6. The summed E-state index contributed by atoms with van der Waals surface area (Å²) < 4.78 is 0. The number of aliphatic carboxylic acids is 1. The van der Waals surface area contributed by atoms with Crippen molar-refractivity contribution in [3.8, 4) is 0 Å². The summed E-state index contributed by atoms with van der Waals surface area (Å²) in [6.45, 7) is 4.07. The fourth-order valence-electron chi connectivity index (χ4n) is 3.10. The molecule has 1 aliphatic rings. The van der Waals surface area contributed by atoms with Crippen molar-refractivity contribution in [1.29, 1.82) is 0 Å². The van der Waals surface area contributed by atoms with Crippen molar-refractivity contribution in [1.82, 2.24) is 4.90 Å². The number of carbonyl (C=O) groups is 3. The Morgan fingerprint density at radius 2 is 1.63 bits per heavy atom. The quantitative estimate of drug-likeness (QED) is 0.647. The molecule has 0 bridgehead atoms. The highest BCUT2D eigenvalue weighted by Gasteiger charge is 2.34. The van der Waals surface area contributed by atoms with Crippen LogP contribution in [-0.2, 0) is 9.59 Å². The van der Waals surface area contributed by atoms with Gasteiger partial charge in [0.2, 0.25) is 0 Å². The molecule has 138 valence electrons. The Hall–Kier alpha value is -3.21. The second-order valence-electron chi connectivity index (χ2n) is 6.83. The van der Waals surface area contributed by atoms with E-state index in [1.807, 2.05) is 24.3 Å². The molecule has 2 aromatic carbocycles. The van der Waals surface area contributed by atoms with Crippen LogP contribution in [0.25, 0.3) is 11.6 Å². The Kier molecular flexibility index (Phi) is 5.21. The van der Waals surface area contributed by atoms with Crippen LogP contribution in [0.1, 0.15) is 53.2 Å². The molecule has 0 fully saturated rings. The average Bonchev–Trinajstić information content (AvgIpc) is 2.65. The highest BCUT2D eigenvalue weighted by Crippen LogP contribution is 2.30. The largest absolute Gasteiger partial charge is 0.481 e. The van der Waals surface area contributed by atoms with E-state index in [9.17, 15) is 14.4 Å². The third-order valence-electron chi connectivity index (χ3n) is 4.63. The zero-order valence-electron chi connectivity index (χ0n) is 15.3. The highest BCUT2D eigenvalue weighted by molar-refractivity contribution is 6.33. The van der Waals surface area contributed by atoms with Crippen molar-refractivity contribution in [3.05, 3.63) is 70.8 Å². The van der Waals surface area contributed by atoms with Crippen molar-refractivity contribution in [2.24, 2.45) is 0 Å². The number of carboxylic acid groups (broad SMARTS) is 1. The lowest BCUT2D eigenvalue weighted by atomic mass is 9.91. The Balaban J connectivity index is 2.04. The zero-order valence-corrected chi connectivity index (χ0v) is 15.3. The van der Waals surface area contributed by atoms with Crippen LogP contribution in [-0.4, -0.2) is 34.3 Å². The van der Waals surface area contributed by atoms with Crippen LogP contribution in [0.4, 0.5) is 0 Å². The molecule has 5 heteroatoms. The topological polar surface area (TPSA) is 74.7 Å². The van der Waals surface area contributed by atoms with Gasteiger partial charge in [-0.25, -0.2) is 0 Å². The number of hydrogen-bond donors (Lipinski definition) is 1. The third kappa shape index (κ3) is 3.82. The van der Waals surface area contributed by atoms with Crippen LogP contribution in [0, 0.1) is 0 Å². The van der Waals surface area contributed by atoms with Crippen LogP contribution in [0.2, 0.25) is 0 Å². The first-order valence-corrected chi connectivity index (χ1v) is 8.87. The predicted molar refractivity (Wildman–Crippen MR) is 103 cm³/mol. The number of nitrogens with zero attached hydrogens (tertiary/aromatic N) is 1. The first-order valence-electron chi connectivity index (χ1n) is 8.87. The van der Waals surface area contributed by atoms with Gasteiger partial charge in [-0.3, -0.25) is 19.3 Å². The Morgan fingerprint density at radius 3 is 2.22 bits per heavy atom. The summed E-state index contributed by atoms with van der Waals surface area (Å²) >= 11 is 0. The van der Waals surface area contributed by atoms with E-state index >= 15 is 0 Å². The second-order valence-corrected chi connectivity index (χ2v) is 6.83. The van der Waals surface area contributed by atoms with E-state index in [-0.39, 0.29) is 13.0 Å². The van der Waals surface area contributed by atoms with E-state index in [2.05, 4.69) is 13.8 Å². The lowest BCUT2D eigenvalue weighted by molar-refractivity contribution is -0.137. The molecule has 2 amide bonds. The Labute approximate surface area is 157 Å². The number of amides is 2. The molecule has 0 saturated carbocycles. The number of carbonyl (C=O) groups excluding carboxylic acids is 2. The highest BCUT2D eigenvalue weighted by atomic mass is 16.4. The number of fused-ring (bicyclic) bond motifs is 1. The molecule has 0 aliphatic carbocycles. The molecule has 5 nitrogen and oxygen atoms in total. The SMILES string of the molecule is CC(C)c1ccc(/C=C2\C(=O)N(CCC(=O)O)C(=O)c3ccccc32)cc1. The van der Waals surface area contributed by atoms with Crippen LogP contribution in [0.15, 0.2) is 48.5 Å². The van der Waals surface area contributed by atoms with Crippen molar-refractivity contribution in [3.63, 3.8) is 0 Å². The minimum absolute atomic E-state index is 0.148. The number of carboxylic acids is 1. The zero-order chi connectivity index (χ0) is 19.6. The van der Waals surface area contributed by atoms with E-state index in [0.717, 1.165) is 10.5 Å². The summed E-state index contributed by atoms with van der Waals surface area (Å²) in [6.07, 6.45) is 1.47. The summed E-state index contributed by atoms with van der Waals surface area (Å²) in [4.78, 5) is 37.5. The van der Waals surface area contributed by atoms with Gasteiger partial charge in [0.1, 0.15) is 0 Å². The van der Waals surface area contributed by atoms with Gasteiger partial charge in [-0.15, -0.1) is 0 Å². The first-order chi connectivity index (χ1) is 12.9. The van der Waals surface area contributed by atoms with Crippen LogP contribution in [0.5, 0.6) is 0 Å². The molecule has 0 atom stereocenters. The minimum Gasteiger partial charge on any atom is -0.481 e. The van der Waals surface area contributed by atoms with Gasteiger partial charge in [0.25, 0.3) is 11.8 Å². The minimum atomic E-state index is -1.05. The molecule has 27 heavy (non-hydrogen) atoms. The normalized spacial score (nSPS) is 15.4. The van der Waals surface area contributed by atoms with Gasteiger partial charge in [0.15, 0.2) is 0 Å². The molecule has 0 unspecified atom stereocenters. The number of rotatable bonds is 5. The predicted octanol–water partition coefficient (Wildman–Crippen LogP) is 3.81. The monoisotopic (exact) mass is 363 g/mol. The molecule has 2 aromatic rings. The maximum absolute atomic E-state index is 12.9. The lowest BCUT2D eigenvalue weighted by Crippen LogP contribution is -2.42. The van der Waals surface area contributed by atoms with Crippen LogP contribution < -0.4 is 0 Å². The molecule has 0 aromatic heterocycles. The molecule has 0 saturated heterocycles. The van der Waals surface area contributed by atoms with Gasteiger partial charge in [-0.1, -0.05) is 56.3 Å².